The topological polar surface area (TPSA) is 54.2 Å². The van der Waals surface area contributed by atoms with Crippen molar-refractivity contribution in [3.63, 3.8) is 0 Å². The van der Waals surface area contributed by atoms with Crippen molar-refractivity contribution in [3.05, 3.63) is 18.5 Å². The van der Waals surface area contributed by atoms with E-state index in [4.69, 9.17) is 0 Å². The van der Waals surface area contributed by atoms with Gasteiger partial charge < -0.3 is 10.6 Å². The molecular formula is C13H25N5S. The highest BCUT2D eigenvalue weighted by Gasteiger charge is 1.97. The van der Waals surface area contributed by atoms with Crippen LogP contribution >= 0.6 is 11.8 Å². The van der Waals surface area contributed by atoms with Crippen LogP contribution in [0.15, 0.2) is 23.5 Å². The zero-order valence-corrected chi connectivity index (χ0v) is 12.7. The Bertz CT molecular complexity index is 337. The molecule has 0 bridgehead atoms. The molecule has 0 saturated heterocycles. The Morgan fingerprint density at radius 3 is 2.68 bits per heavy atom. The summed E-state index contributed by atoms with van der Waals surface area (Å²) < 4.78 is 1.94. The molecule has 5 nitrogen and oxygen atoms in total. The summed E-state index contributed by atoms with van der Waals surface area (Å²) in [5.41, 5.74) is 0. The van der Waals surface area contributed by atoms with Crippen LogP contribution in [0.5, 0.6) is 0 Å². The molecule has 1 rings (SSSR count). The minimum absolute atomic E-state index is 0.893. The van der Waals surface area contributed by atoms with Crippen molar-refractivity contribution in [2.75, 3.05) is 32.1 Å². The van der Waals surface area contributed by atoms with Gasteiger partial charge in [0.15, 0.2) is 5.96 Å². The molecule has 1 aromatic rings. The molecule has 6 heteroatoms. The van der Waals surface area contributed by atoms with Gasteiger partial charge in [0.05, 0.1) is 0 Å². The van der Waals surface area contributed by atoms with Crippen molar-refractivity contribution < 1.29 is 0 Å². The van der Waals surface area contributed by atoms with Crippen molar-refractivity contribution in [1.82, 2.24) is 20.4 Å². The summed E-state index contributed by atoms with van der Waals surface area (Å²) in [6, 6.07) is 1.95. The molecule has 0 spiro atoms. The number of aromatic nitrogens is 2. The second-order valence-corrected chi connectivity index (χ2v) is 5.23. The summed E-state index contributed by atoms with van der Waals surface area (Å²) in [4.78, 5) is 4.21. The lowest BCUT2D eigenvalue weighted by Gasteiger charge is -2.11. The van der Waals surface area contributed by atoms with Crippen molar-refractivity contribution in [3.8, 4) is 0 Å². The number of nitrogens with one attached hydrogen (secondary N) is 2. The SMILES string of the molecule is CN=C(NCCCCSC)NCCCn1cccn1. The van der Waals surface area contributed by atoms with E-state index in [1.807, 2.05) is 42.0 Å². The number of aryl methyl sites for hydroxylation is 1. The van der Waals surface area contributed by atoms with Gasteiger partial charge in [-0.1, -0.05) is 0 Å². The number of guanidine groups is 1. The zero-order valence-electron chi connectivity index (χ0n) is 11.9. The van der Waals surface area contributed by atoms with Crippen LogP contribution in [-0.4, -0.2) is 47.9 Å². The third kappa shape index (κ3) is 7.77. The van der Waals surface area contributed by atoms with Gasteiger partial charge in [-0.3, -0.25) is 9.67 Å². The van der Waals surface area contributed by atoms with Crippen molar-refractivity contribution in [2.24, 2.45) is 4.99 Å². The fourth-order valence-corrected chi connectivity index (χ4v) is 2.17. The van der Waals surface area contributed by atoms with Gasteiger partial charge in [0, 0.05) is 39.1 Å². The summed E-state index contributed by atoms with van der Waals surface area (Å²) in [5, 5.41) is 10.8. The van der Waals surface area contributed by atoms with E-state index in [0.29, 0.717) is 0 Å². The van der Waals surface area contributed by atoms with Gasteiger partial charge in [-0.15, -0.1) is 0 Å². The molecule has 0 amide bonds. The molecule has 2 N–H and O–H groups in total. The van der Waals surface area contributed by atoms with Crippen LogP contribution in [0.3, 0.4) is 0 Å². The van der Waals surface area contributed by atoms with E-state index in [1.165, 1.54) is 18.6 Å². The molecule has 19 heavy (non-hydrogen) atoms. The lowest BCUT2D eigenvalue weighted by atomic mass is 10.3. The first-order valence-corrected chi connectivity index (χ1v) is 8.17. The van der Waals surface area contributed by atoms with E-state index in [2.05, 4.69) is 27.0 Å². The van der Waals surface area contributed by atoms with E-state index in [9.17, 15) is 0 Å². The van der Waals surface area contributed by atoms with Gasteiger partial charge in [-0.05, 0) is 37.3 Å². The first-order valence-electron chi connectivity index (χ1n) is 6.77. The predicted molar refractivity (Wildman–Crippen MR) is 83.8 cm³/mol. The molecule has 0 fully saturated rings. The minimum Gasteiger partial charge on any atom is -0.356 e. The highest BCUT2D eigenvalue weighted by molar-refractivity contribution is 7.98. The van der Waals surface area contributed by atoms with Crippen molar-refractivity contribution in [1.29, 1.82) is 0 Å². The Morgan fingerprint density at radius 1 is 1.26 bits per heavy atom. The van der Waals surface area contributed by atoms with Gasteiger partial charge in [0.25, 0.3) is 0 Å². The third-order valence-electron chi connectivity index (χ3n) is 2.71. The number of unbranched alkanes of at least 4 members (excludes halogenated alkanes) is 1. The van der Waals surface area contributed by atoms with Crippen LogP contribution in [-0.2, 0) is 6.54 Å². The number of nitrogens with zero attached hydrogens (tertiary/aromatic N) is 3. The summed E-state index contributed by atoms with van der Waals surface area (Å²) in [7, 11) is 1.81. The molecule has 0 atom stereocenters. The monoisotopic (exact) mass is 283 g/mol. The second-order valence-electron chi connectivity index (χ2n) is 4.25. The first kappa shape index (κ1) is 15.9. The highest BCUT2D eigenvalue weighted by Crippen LogP contribution is 1.97. The van der Waals surface area contributed by atoms with E-state index < -0.39 is 0 Å². The Balaban J connectivity index is 2.02. The number of hydrogen-bond acceptors (Lipinski definition) is 3. The Kier molecular flexibility index (Phi) is 8.97. The second kappa shape index (κ2) is 10.7. The van der Waals surface area contributed by atoms with Gasteiger partial charge in [-0.2, -0.15) is 16.9 Å². The predicted octanol–water partition coefficient (Wildman–Crippen LogP) is 1.58. The van der Waals surface area contributed by atoms with Crippen LogP contribution in [0.2, 0.25) is 0 Å². The average molecular weight is 283 g/mol. The molecule has 0 radical (unpaired) electrons. The van der Waals surface area contributed by atoms with E-state index in [1.54, 1.807) is 0 Å². The Morgan fingerprint density at radius 2 is 2.05 bits per heavy atom. The molecule has 1 aromatic heterocycles. The molecule has 0 aliphatic rings. The van der Waals surface area contributed by atoms with Crippen LogP contribution in [0.4, 0.5) is 0 Å². The maximum absolute atomic E-state index is 4.21. The molecule has 1 heterocycles. The Labute approximate surface area is 120 Å². The largest absolute Gasteiger partial charge is 0.356 e. The van der Waals surface area contributed by atoms with Crippen molar-refractivity contribution >= 4 is 17.7 Å². The maximum atomic E-state index is 4.21. The van der Waals surface area contributed by atoms with E-state index >= 15 is 0 Å². The molecule has 0 saturated carbocycles. The summed E-state index contributed by atoms with van der Waals surface area (Å²) in [6.07, 6.45) is 9.42. The van der Waals surface area contributed by atoms with E-state index in [0.717, 1.165) is 32.0 Å². The molecule has 0 aliphatic carbocycles. The van der Waals surface area contributed by atoms with Crippen LogP contribution in [0.25, 0.3) is 0 Å². The van der Waals surface area contributed by atoms with Crippen LogP contribution in [0.1, 0.15) is 19.3 Å². The molecule has 0 aromatic carbocycles. The van der Waals surface area contributed by atoms with Gasteiger partial charge in [0.2, 0.25) is 0 Å². The summed E-state index contributed by atoms with van der Waals surface area (Å²) in [5.74, 6) is 2.13. The fraction of sp³-hybridized carbons (Fsp3) is 0.692. The molecular weight excluding hydrogens is 258 g/mol. The smallest absolute Gasteiger partial charge is 0.190 e. The highest BCUT2D eigenvalue weighted by atomic mass is 32.2. The van der Waals surface area contributed by atoms with Gasteiger partial charge in [-0.25, -0.2) is 0 Å². The third-order valence-corrected chi connectivity index (χ3v) is 3.40. The van der Waals surface area contributed by atoms with Crippen LogP contribution < -0.4 is 10.6 Å². The summed E-state index contributed by atoms with van der Waals surface area (Å²) in [6.45, 7) is 2.83. The number of rotatable bonds is 9. The Hall–Kier alpha value is -1.17. The normalized spacial score (nSPS) is 11.6. The average Bonchev–Trinajstić information content (AvgIpc) is 2.94. The quantitative estimate of drug-likeness (QED) is 0.410. The van der Waals surface area contributed by atoms with Gasteiger partial charge in [0.1, 0.15) is 0 Å². The van der Waals surface area contributed by atoms with Gasteiger partial charge >= 0.3 is 0 Å². The standard InChI is InChI=1S/C13H25N5S/c1-14-13(15-7-3-4-12-19-2)16-8-5-10-18-11-6-9-17-18/h6,9,11H,3-5,7-8,10,12H2,1-2H3,(H2,14,15,16). The number of aliphatic imine (C=N–C) groups is 1. The lowest BCUT2D eigenvalue weighted by Crippen LogP contribution is -2.38. The lowest BCUT2D eigenvalue weighted by molar-refractivity contribution is 0.570. The number of thioether (sulfide) groups is 1. The minimum atomic E-state index is 0.893. The molecule has 108 valence electrons. The first-order chi connectivity index (χ1) is 9.36. The molecule has 0 aliphatic heterocycles. The maximum Gasteiger partial charge on any atom is 0.190 e. The van der Waals surface area contributed by atoms with Crippen molar-refractivity contribution in [2.45, 2.75) is 25.8 Å². The summed E-state index contributed by atoms with van der Waals surface area (Å²) >= 11 is 1.90. The number of hydrogen-bond donors (Lipinski definition) is 2. The molecule has 0 unspecified atom stereocenters. The fourth-order valence-electron chi connectivity index (χ4n) is 1.68. The zero-order chi connectivity index (χ0) is 13.8. The van der Waals surface area contributed by atoms with E-state index in [-0.39, 0.29) is 0 Å². The van der Waals surface area contributed by atoms with Crippen LogP contribution in [0, 0.1) is 0 Å².